The number of aromatic nitrogens is 2. The number of H-pyrrole nitrogens is 1. The maximum Gasteiger partial charge on any atom is 0.331 e. The van der Waals surface area contributed by atoms with E-state index in [0.29, 0.717) is 15.6 Å². The van der Waals surface area contributed by atoms with E-state index in [-0.39, 0.29) is 5.69 Å². The molecule has 0 saturated carbocycles. The van der Waals surface area contributed by atoms with Gasteiger partial charge in [0.05, 0.1) is 16.7 Å². The molecule has 5 heteroatoms. The first kappa shape index (κ1) is 11.4. The van der Waals surface area contributed by atoms with Crippen molar-refractivity contribution in [2.75, 3.05) is 0 Å². The SMILES string of the molecule is O=c1[nH]c2cc(Cl)ccc2n1-c1ccc(Cl)cc1. The van der Waals surface area contributed by atoms with E-state index in [9.17, 15) is 4.79 Å². The summed E-state index contributed by atoms with van der Waals surface area (Å²) in [7, 11) is 0. The van der Waals surface area contributed by atoms with Crippen LogP contribution in [0.5, 0.6) is 0 Å². The highest BCUT2D eigenvalue weighted by Gasteiger charge is 2.08. The number of fused-ring (bicyclic) bond motifs is 1. The van der Waals surface area contributed by atoms with Gasteiger partial charge in [0.1, 0.15) is 0 Å². The van der Waals surface area contributed by atoms with Crippen molar-refractivity contribution in [2.45, 2.75) is 0 Å². The molecule has 3 rings (SSSR count). The lowest BCUT2D eigenvalue weighted by Crippen LogP contribution is -2.14. The van der Waals surface area contributed by atoms with Crippen LogP contribution in [0.2, 0.25) is 10.0 Å². The lowest BCUT2D eigenvalue weighted by atomic mass is 10.3. The van der Waals surface area contributed by atoms with Crippen LogP contribution in [0, 0.1) is 0 Å². The van der Waals surface area contributed by atoms with Crippen molar-refractivity contribution < 1.29 is 0 Å². The summed E-state index contributed by atoms with van der Waals surface area (Å²) in [5.41, 5.74) is 2.06. The zero-order valence-electron chi connectivity index (χ0n) is 9.15. The molecule has 18 heavy (non-hydrogen) atoms. The highest BCUT2D eigenvalue weighted by molar-refractivity contribution is 6.31. The Kier molecular flexibility index (Phi) is 2.65. The highest BCUT2D eigenvalue weighted by Crippen LogP contribution is 2.20. The molecule has 0 radical (unpaired) electrons. The number of halogens is 2. The van der Waals surface area contributed by atoms with Crippen LogP contribution in [-0.2, 0) is 0 Å². The van der Waals surface area contributed by atoms with Crippen LogP contribution in [0.3, 0.4) is 0 Å². The largest absolute Gasteiger partial charge is 0.331 e. The standard InChI is InChI=1S/C13H8Cl2N2O/c14-8-1-4-10(5-2-8)17-12-6-3-9(15)7-11(12)16-13(17)18/h1-7H,(H,16,18). The molecule has 90 valence electrons. The van der Waals surface area contributed by atoms with Crippen LogP contribution in [0.15, 0.2) is 47.3 Å². The third-order valence-corrected chi connectivity index (χ3v) is 3.22. The third kappa shape index (κ3) is 1.82. The van der Waals surface area contributed by atoms with Gasteiger partial charge in [0.2, 0.25) is 0 Å². The quantitative estimate of drug-likeness (QED) is 0.725. The summed E-state index contributed by atoms with van der Waals surface area (Å²) in [6.45, 7) is 0. The van der Waals surface area contributed by atoms with Gasteiger partial charge in [-0.1, -0.05) is 23.2 Å². The molecule has 0 spiro atoms. The second-order valence-electron chi connectivity index (χ2n) is 3.90. The molecule has 0 unspecified atom stereocenters. The summed E-state index contributed by atoms with van der Waals surface area (Å²) in [4.78, 5) is 14.7. The van der Waals surface area contributed by atoms with Crippen LogP contribution >= 0.6 is 23.2 Å². The Morgan fingerprint density at radius 3 is 2.33 bits per heavy atom. The fourth-order valence-electron chi connectivity index (χ4n) is 1.93. The lowest BCUT2D eigenvalue weighted by molar-refractivity contribution is 1.02. The van der Waals surface area contributed by atoms with E-state index in [1.807, 2.05) is 6.07 Å². The number of nitrogens with one attached hydrogen (secondary N) is 1. The Labute approximate surface area is 113 Å². The first-order valence-corrected chi connectivity index (χ1v) is 6.07. The number of hydrogen-bond acceptors (Lipinski definition) is 1. The molecule has 0 saturated heterocycles. The molecule has 2 aromatic carbocycles. The number of benzene rings is 2. The van der Waals surface area contributed by atoms with E-state index in [2.05, 4.69) is 4.98 Å². The predicted molar refractivity (Wildman–Crippen MR) is 73.9 cm³/mol. The van der Waals surface area contributed by atoms with Crippen LogP contribution in [0.25, 0.3) is 16.7 Å². The number of imidazole rings is 1. The minimum absolute atomic E-state index is 0.199. The maximum atomic E-state index is 12.0. The summed E-state index contributed by atoms with van der Waals surface area (Å²) in [5, 5.41) is 1.22. The summed E-state index contributed by atoms with van der Waals surface area (Å²) in [6.07, 6.45) is 0. The number of nitrogens with zero attached hydrogens (tertiary/aromatic N) is 1. The van der Waals surface area contributed by atoms with Crippen LogP contribution in [-0.4, -0.2) is 9.55 Å². The van der Waals surface area contributed by atoms with E-state index in [1.54, 1.807) is 41.0 Å². The number of rotatable bonds is 1. The fourth-order valence-corrected chi connectivity index (χ4v) is 2.23. The zero-order chi connectivity index (χ0) is 12.7. The summed E-state index contributed by atoms with van der Waals surface area (Å²) in [5.74, 6) is 0. The van der Waals surface area contributed by atoms with Crippen LogP contribution < -0.4 is 5.69 Å². The minimum Gasteiger partial charge on any atom is -0.305 e. The minimum atomic E-state index is -0.199. The molecule has 0 aliphatic heterocycles. The number of hydrogen-bond donors (Lipinski definition) is 1. The summed E-state index contributed by atoms with van der Waals surface area (Å²) >= 11 is 11.7. The molecule has 3 aromatic rings. The van der Waals surface area contributed by atoms with Crippen LogP contribution in [0.4, 0.5) is 0 Å². The van der Waals surface area contributed by atoms with Crippen LogP contribution in [0.1, 0.15) is 0 Å². The van der Waals surface area contributed by atoms with Gasteiger partial charge in [-0.25, -0.2) is 4.79 Å². The molecule has 0 amide bonds. The van der Waals surface area contributed by atoms with Gasteiger partial charge in [-0.2, -0.15) is 0 Å². The van der Waals surface area contributed by atoms with E-state index >= 15 is 0 Å². The smallest absolute Gasteiger partial charge is 0.305 e. The molecule has 0 aliphatic rings. The van der Waals surface area contributed by atoms with E-state index in [1.165, 1.54) is 0 Å². The molecule has 1 heterocycles. The normalized spacial score (nSPS) is 11.0. The molecular weight excluding hydrogens is 271 g/mol. The molecule has 1 N–H and O–H groups in total. The molecule has 3 nitrogen and oxygen atoms in total. The molecule has 0 atom stereocenters. The first-order chi connectivity index (χ1) is 8.65. The monoisotopic (exact) mass is 278 g/mol. The van der Waals surface area contributed by atoms with Gasteiger partial charge in [-0.15, -0.1) is 0 Å². The Bertz CT molecular complexity index is 772. The number of aromatic amines is 1. The first-order valence-electron chi connectivity index (χ1n) is 5.31. The predicted octanol–water partition coefficient (Wildman–Crippen LogP) is 3.63. The average Bonchev–Trinajstić information content (AvgIpc) is 2.65. The maximum absolute atomic E-state index is 12.0. The van der Waals surface area contributed by atoms with Crippen molar-refractivity contribution in [1.82, 2.24) is 9.55 Å². The Morgan fingerprint density at radius 2 is 1.61 bits per heavy atom. The van der Waals surface area contributed by atoms with E-state index in [0.717, 1.165) is 11.2 Å². The van der Waals surface area contributed by atoms with Crippen molar-refractivity contribution in [1.29, 1.82) is 0 Å². The second-order valence-corrected chi connectivity index (χ2v) is 4.78. The molecule has 1 aromatic heterocycles. The van der Waals surface area contributed by atoms with E-state index < -0.39 is 0 Å². The average molecular weight is 279 g/mol. The van der Waals surface area contributed by atoms with Gasteiger partial charge in [-0.05, 0) is 42.5 Å². The van der Waals surface area contributed by atoms with Crippen molar-refractivity contribution in [3.8, 4) is 5.69 Å². The van der Waals surface area contributed by atoms with Crippen molar-refractivity contribution in [2.24, 2.45) is 0 Å². The Morgan fingerprint density at radius 1 is 0.944 bits per heavy atom. The van der Waals surface area contributed by atoms with E-state index in [4.69, 9.17) is 23.2 Å². The molecular formula is C13H8Cl2N2O. The molecule has 0 aliphatic carbocycles. The Hall–Kier alpha value is -1.71. The molecule has 0 bridgehead atoms. The van der Waals surface area contributed by atoms with Gasteiger partial charge in [0.25, 0.3) is 0 Å². The van der Waals surface area contributed by atoms with Crippen molar-refractivity contribution in [3.63, 3.8) is 0 Å². The topological polar surface area (TPSA) is 37.8 Å². The van der Waals surface area contributed by atoms with Gasteiger partial charge < -0.3 is 4.98 Å². The third-order valence-electron chi connectivity index (χ3n) is 2.73. The van der Waals surface area contributed by atoms with Crippen molar-refractivity contribution in [3.05, 3.63) is 63.0 Å². The second kappa shape index (κ2) is 4.19. The van der Waals surface area contributed by atoms with Crippen molar-refractivity contribution >= 4 is 34.2 Å². The van der Waals surface area contributed by atoms with Gasteiger partial charge in [0.15, 0.2) is 0 Å². The highest BCUT2D eigenvalue weighted by atomic mass is 35.5. The summed E-state index contributed by atoms with van der Waals surface area (Å²) in [6, 6.07) is 12.4. The zero-order valence-corrected chi connectivity index (χ0v) is 10.7. The lowest BCUT2D eigenvalue weighted by Gasteiger charge is -2.03. The van der Waals surface area contributed by atoms with Gasteiger partial charge >= 0.3 is 5.69 Å². The van der Waals surface area contributed by atoms with Gasteiger partial charge in [0, 0.05) is 10.0 Å². The fraction of sp³-hybridized carbons (Fsp3) is 0. The molecule has 0 fully saturated rings. The van der Waals surface area contributed by atoms with Gasteiger partial charge in [-0.3, -0.25) is 4.57 Å². The summed E-state index contributed by atoms with van der Waals surface area (Å²) < 4.78 is 1.59. The Balaban J connectivity index is 2.32.